The van der Waals surface area contributed by atoms with E-state index in [1.165, 1.54) is 12.1 Å². The summed E-state index contributed by atoms with van der Waals surface area (Å²) in [4.78, 5) is 25.0. The molecule has 144 valence electrons. The number of ketones is 1. The minimum Gasteiger partial charge on any atom is -0.508 e. The van der Waals surface area contributed by atoms with Gasteiger partial charge >= 0.3 is 5.63 Å². The number of carbonyl (C=O) groups is 1. The van der Waals surface area contributed by atoms with E-state index in [2.05, 4.69) is 0 Å². The second kappa shape index (κ2) is 7.72. The quantitative estimate of drug-likeness (QED) is 0.389. The van der Waals surface area contributed by atoms with Gasteiger partial charge in [0, 0.05) is 28.5 Å². The average Bonchev–Trinajstić information content (AvgIpc) is 2.65. The molecule has 0 amide bonds. The van der Waals surface area contributed by atoms with Crippen LogP contribution in [0.25, 0.3) is 11.0 Å². The van der Waals surface area contributed by atoms with E-state index in [1.54, 1.807) is 31.2 Å². The molecular formula is C23H22O5. The second-order valence-corrected chi connectivity index (χ2v) is 7.12. The first kappa shape index (κ1) is 19.4. The number of hydrogen-bond donors (Lipinski definition) is 2. The van der Waals surface area contributed by atoms with Crippen molar-refractivity contribution in [3.05, 3.63) is 80.7 Å². The summed E-state index contributed by atoms with van der Waals surface area (Å²) in [6.07, 6.45) is 2.39. The number of rotatable bonds is 5. The summed E-state index contributed by atoms with van der Waals surface area (Å²) in [5.74, 6) is -0.0531. The highest BCUT2D eigenvalue weighted by atomic mass is 16.4. The average molecular weight is 378 g/mol. The third kappa shape index (κ3) is 3.98. The summed E-state index contributed by atoms with van der Waals surface area (Å²) in [7, 11) is 0. The highest BCUT2D eigenvalue weighted by Crippen LogP contribution is 2.26. The standard InChI is InChI=1S/C23H22O5/c1-13(2)4-5-15-10-16(6-9-20(15)25)21(26)12-18-11-17-7-8-19(24)14(3)22(17)28-23(18)27/h4,6-11,24-25H,5,12H2,1-3H3. The molecule has 0 saturated heterocycles. The number of aryl methyl sites for hydroxylation is 1. The molecule has 2 aromatic carbocycles. The minimum absolute atomic E-state index is 0.0486. The Kier molecular flexibility index (Phi) is 5.36. The molecule has 0 radical (unpaired) electrons. The van der Waals surface area contributed by atoms with E-state index in [1.807, 2.05) is 19.9 Å². The van der Waals surface area contributed by atoms with E-state index >= 15 is 0 Å². The van der Waals surface area contributed by atoms with Crippen LogP contribution in [0.5, 0.6) is 11.5 Å². The maximum absolute atomic E-state index is 12.7. The van der Waals surface area contributed by atoms with Gasteiger partial charge in [0.2, 0.25) is 0 Å². The fourth-order valence-electron chi connectivity index (χ4n) is 2.99. The number of aromatic hydroxyl groups is 2. The van der Waals surface area contributed by atoms with E-state index in [0.717, 1.165) is 5.57 Å². The van der Waals surface area contributed by atoms with Crippen molar-refractivity contribution in [3.8, 4) is 11.5 Å². The van der Waals surface area contributed by atoms with Crippen LogP contribution >= 0.6 is 0 Å². The Morgan fingerprint density at radius 3 is 2.46 bits per heavy atom. The Labute approximate surface area is 162 Å². The van der Waals surface area contributed by atoms with Gasteiger partial charge in [0.05, 0.1) is 0 Å². The van der Waals surface area contributed by atoms with Crippen LogP contribution in [0.2, 0.25) is 0 Å². The van der Waals surface area contributed by atoms with E-state index in [-0.39, 0.29) is 29.3 Å². The number of allylic oxidation sites excluding steroid dienone is 2. The van der Waals surface area contributed by atoms with E-state index in [4.69, 9.17) is 4.42 Å². The molecule has 0 aliphatic rings. The van der Waals surface area contributed by atoms with E-state index < -0.39 is 5.63 Å². The number of Topliss-reactive ketones (excluding diaryl/α,β-unsaturated/α-hetero) is 1. The van der Waals surface area contributed by atoms with Crippen LogP contribution in [0, 0.1) is 6.92 Å². The molecule has 5 heteroatoms. The SMILES string of the molecule is CC(C)=CCc1cc(C(=O)Cc2cc3ccc(O)c(C)c3oc2=O)ccc1O. The van der Waals surface area contributed by atoms with Crippen molar-refractivity contribution in [2.24, 2.45) is 0 Å². The third-order valence-electron chi connectivity index (χ3n) is 4.68. The summed E-state index contributed by atoms with van der Waals surface area (Å²) < 4.78 is 5.33. The molecule has 3 aromatic rings. The summed E-state index contributed by atoms with van der Waals surface area (Å²) >= 11 is 0. The number of fused-ring (bicyclic) bond motifs is 1. The van der Waals surface area contributed by atoms with Gasteiger partial charge < -0.3 is 14.6 Å². The van der Waals surface area contributed by atoms with Crippen LogP contribution in [0.3, 0.4) is 0 Å². The lowest BCUT2D eigenvalue weighted by Crippen LogP contribution is -2.13. The zero-order chi connectivity index (χ0) is 20.4. The Morgan fingerprint density at radius 1 is 1.04 bits per heavy atom. The summed E-state index contributed by atoms with van der Waals surface area (Å²) in [5.41, 5.74) is 2.65. The van der Waals surface area contributed by atoms with Crippen LogP contribution in [0.1, 0.15) is 40.9 Å². The molecule has 0 aliphatic heterocycles. The smallest absolute Gasteiger partial charge is 0.339 e. The number of hydrogen-bond acceptors (Lipinski definition) is 5. The van der Waals surface area contributed by atoms with Gasteiger partial charge in [-0.15, -0.1) is 0 Å². The van der Waals surface area contributed by atoms with Crippen molar-refractivity contribution in [2.75, 3.05) is 0 Å². The molecule has 0 bridgehead atoms. The third-order valence-corrected chi connectivity index (χ3v) is 4.68. The predicted molar refractivity (Wildman–Crippen MR) is 108 cm³/mol. The van der Waals surface area contributed by atoms with Crippen LogP contribution in [-0.4, -0.2) is 16.0 Å². The molecule has 0 aliphatic carbocycles. The summed E-state index contributed by atoms with van der Waals surface area (Å²) in [6.45, 7) is 5.59. The van der Waals surface area contributed by atoms with Gasteiger partial charge in [0.25, 0.3) is 0 Å². The Balaban J connectivity index is 1.92. The topological polar surface area (TPSA) is 87.7 Å². The lowest BCUT2D eigenvalue weighted by molar-refractivity contribution is 0.0992. The second-order valence-electron chi connectivity index (χ2n) is 7.12. The first-order valence-corrected chi connectivity index (χ1v) is 9.00. The first-order chi connectivity index (χ1) is 13.3. The van der Waals surface area contributed by atoms with Crippen molar-refractivity contribution in [1.82, 2.24) is 0 Å². The molecule has 0 saturated carbocycles. The van der Waals surface area contributed by atoms with Gasteiger partial charge in [0.15, 0.2) is 5.78 Å². The Hall–Kier alpha value is -3.34. The maximum atomic E-state index is 12.7. The predicted octanol–water partition coefficient (Wildman–Crippen LogP) is 4.45. The molecule has 0 spiro atoms. The summed E-state index contributed by atoms with van der Waals surface area (Å²) in [5, 5.41) is 20.4. The molecule has 5 nitrogen and oxygen atoms in total. The normalized spacial score (nSPS) is 10.8. The minimum atomic E-state index is -0.599. The van der Waals surface area contributed by atoms with Gasteiger partial charge in [-0.25, -0.2) is 4.79 Å². The fourth-order valence-corrected chi connectivity index (χ4v) is 2.99. The number of carbonyl (C=O) groups excluding carboxylic acids is 1. The Bertz CT molecular complexity index is 1150. The maximum Gasteiger partial charge on any atom is 0.339 e. The molecule has 0 unspecified atom stereocenters. The number of benzene rings is 2. The molecular weight excluding hydrogens is 356 g/mol. The van der Waals surface area contributed by atoms with Crippen molar-refractivity contribution in [3.63, 3.8) is 0 Å². The van der Waals surface area contributed by atoms with Crippen LogP contribution in [0.4, 0.5) is 0 Å². The molecule has 2 N–H and O–H groups in total. The highest BCUT2D eigenvalue weighted by Gasteiger charge is 2.15. The van der Waals surface area contributed by atoms with E-state index in [9.17, 15) is 19.8 Å². The van der Waals surface area contributed by atoms with Crippen LogP contribution in [0.15, 0.2) is 57.3 Å². The van der Waals surface area contributed by atoms with Crippen molar-refractivity contribution >= 4 is 16.8 Å². The molecule has 0 atom stereocenters. The molecule has 1 heterocycles. The van der Waals surface area contributed by atoms with Crippen molar-refractivity contribution in [2.45, 2.75) is 33.6 Å². The Morgan fingerprint density at radius 2 is 1.75 bits per heavy atom. The molecule has 0 fully saturated rings. The highest BCUT2D eigenvalue weighted by molar-refractivity contribution is 5.98. The number of phenolic OH excluding ortho intramolecular Hbond substituents is 2. The fraction of sp³-hybridized carbons (Fsp3) is 0.217. The monoisotopic (exact) mass is 378 g/mol. The largest absolute Gasteiger partial charge is 0.508 e. The van der Waals surface area contributed by atoms with Crippen LogP contribution < -0.4 is 5.63 Å². The number of phenols is 2. The van der Waals surface area contributed by atoms with Crippen molar-refractivity contribution in [1.29, 1.82) is 0 Å². The van der Waals surface area contributed by atoms with Gasteiger partial charge in [0.1, 0.15) is 17.1 Å². The lowest BCUT2D eigenvalue weighted by Gasteiger charge is -2.07. The molecule has 1 aromatic heterocycles. The summed E-state index contributed by atoms with van der Waals surface area (Å²) in [6, 6.07) is 9.49. The lowest BCUT2D eigenvalue weighted by atomic mass is 9.99. The van der Waals surface area contributed by atoms with E-state index in [0.29, 0.717) is 34.1 Å². The zero-order valence-corrected chi connectivity index (χ0v) is 16.1. The molecule has 28 heavy (non-hydrogen) atoms. The van der Waals surface area contributed by atoms with Gasteiger partial charge in [-0.05, 0) is 69.2 Å². The van der Waals surface area contributed by atoms with Gasteiger partial charge in [-0.1, -0.05) is 11.6 Å². The first-order valence-electron chi connectivity index (χ1n) is 9.00. The van der Waals surface area contributed by atoms with Crippen LogP contribution in [-0.2, 0) is 12.8 Å². The van der Waals surface area contributed by atoms with Gasteiger partial charge in [-0.3, -0.25) is 4.79 Å². The van der Waals surface area contributed by atoms with Gasteiger partial charge in [-0.2, -0.15) is 0 Å². The zero-order valence-electron chi connectivity index (χ0n) is 16.1. The molecule has 3 rings (SSSR count). The van der Waals surface area contributed by atoms with Crippen molar-refractivity contribution < 1.29 is 19.4 Å².